The fourth-order valence-electron chi connectivity index (χ4n) is 1.96. The second kappa shape index (κ2) is 20.1. The molecule has 4 heteroatoms. The Kier molecular flexibility index (Phi) is 22.1. The van der Waals surface area contributed by atoms with Gasteiger partial charge in [-0.3, -0.25) is 0 Å². The molecule has 3 nitrogen and oxygen atoms in total. The van der Waals surface area contributed by atoms with Gasteiger partial charge in [0.1, 0.15) is 0 Å². The van der Waals surface area contributed by atoms with Crippen LogP contribution in [0.15, 0.2) is 52.0 Å². The van der Waals surface area contributed by atoms with Crippen molar-refractivity contribution >= 4 is 5.69 Å². The SMILES string of the molecule is CC(C)(C)[O-].CC(C)(C)[O-].CC(C)c1cccc(C(C)C)c1[N]=[Mo+4].C[C-](C)C.[c-]1ccccc1. The third kappa shape index (κ3) is 33.0. The summed E-state index contributed by atoms with van der Waals surface area (Å²) < 4.78 is 4.42. The summed E-state index contributed by atoms with van der Waals surface area (Å²) in [6, 6.07) is 19.0. The van der Waals surface area contributed by atoms with Gasteiger partial charge in [0.05, 0.1) is 0 Å². The Hall–Kier alpha value is -1.15. The number of hydrogen-bond donors (Lipinski definition) is 0. The van der Waals surface area contributed by atoms with Gasteiger partial charge >= 0.3 is 97.7 Å². The van der Waals surface area contributed by atoms with Crippen molar-refractivity contribution in [2.24, 2.45) is 3.50 Å². The van der Waals surface area contributed by atoms with Gasteiger partial charge in [-0.05, 0) is 0 Å². The predicted molar refractivity (Wildman–Crippen MR) is 142 cm³/mol. The monoisotopic (exact) mass is 553 g/mol. The van der Waals surface area contributed by atoms with Gasteiger partial charge < -0.3 is 16.1 Å². The minimum Gasteiger partial charge on any atom is -0.323 e. The predicted octanol–water partition coefficient (Wildman–Crippen LogP) is 7.69. The van der Waals surface area contributed by atoms with Crippen LogP contribution in [0.2, 0.25) is 0 Å². The van der Waals surface area contributed by atoms with Crippen LogP contribution in [-0.4, -0.2) is 11.2 Å². The number of hydrogen-bond acceptors (Lipinski definition) is 3. The quantitative estimate of drug-likeness (QED) is 0.290. The van der Waals surface area contributed by atoms with Crippen LogP contribution in [-0.2, 0) is 19.6 Å². The molecule has 2 aromatic carbocycles. The summed E-state index contributed by atoms with van der Waals surface area (Å²) in [6.07, 6.45) is 0. The molecule has 0 amide bonds. The Bertz CT molecular complexity index is 648. The van der Waals surface area contributed by atoms with E-state index >= 15 is 0 Å². The number of benzene rings is 2. The van der Waals surface area contributed by atoms with Crippen molar-refractivity contribution in [2.75, 3.05) is 0 Å². The summed E-state index contributed by atoms with van der Waals surface area (Å²) in [6.45, 7) is 24.9. The molecule has 0 aliphatic heterocycles. The first kappa shape index (κ1) is 37.4. The van der Waals surface area contributed by atoms with Gasteiger partial charge in [-0.15, -0.1) is 11.2 Å². The third-order valence-corrected chi connectivity index (χ3v) is 3.49. The van der Waals surface area contributed by atoms with E-state index in [0.717, 1.165) is 0 Å². The molecule has 0 radical (unpaired) electrons. The fourth-order valence-corrected chi connectivity index (χ4v) is 2.48. The Balaban J connectivity index is -0.000000400. The van der Waals surface area contributed by atoms with Crippen molar-refractivity contribution in [2.45, 2.75) is 113 Å². The zero-order chi connectivity index (χ0) is 27.5. The van der Waals surface area contributed by atoms with Gasteiger partial charge in [-0.25, -0.2) is 0 Å². The van der Waals surface area contributed by atoms with Gasteiger partial charge in [0.15, 0.2) is 0 Å². The van der Waals surface area contributed by atoms with E-state index in [-0.39, 0.29) is 0 Å². The molecule has 0 unspecified atom stereocenters. The Morgan fingerprint density at radius 3 is 1.18 bits per heavy atom. The molecule has 0 N–H and O–H groups in total. The maximum atomic E-state index is 10.1. The molecule has 0 spiro atoms. The van der Waals surface area contributed by atoms with Crippen molar-refractivity contribution in [3.8, 4) is 0 Å². The van der Waals surface area contributed by atoms with E-state index in [9.17, 15) is 10.2 Å². The molecule has 0 heterocycles. The average molecular weight is 552 g/mol. The first-order chi connectivity index (χ1) is 15.3. The van der Waals surface area contributed by atoms with E-state index in [2.05, 4.69) is 76.2 Å². The summed E-state index contributed by atoms with van der Waals surface area (Å²) >= 11 is 1.81. The minimum atomic E-state index is -0.750. The number of nitrogens with zero attached hydrogens (tertiary/aromatic N) is 1. The molecule has 2 aromatic rings. The van der Waals surface area contributed by atoms with Crippen molar-refractivity contribution in [3.63, 3.8) is 0 Å². The first-order valence-corrected chi connectivity index (χ1v) is 12.8. The van der Waals surface area contributed by atoms with Gasteiger partial charge in [0.25, 0.3) is 0 Å². The second-order valence-corrected chi connectivity index (χ2v) is 11.4. The molecular weight excluding hydrogens is 502 g/mol. The average Bonchev–Trinajstić information content (AvgIpc) is 2.66. The fraction of sp³-hybridized carbons (Fsp3) is 0.567. The minimum absolute atomic E-state index is 0.550. The van der Waals surface area contributed by atoms with Gasteiger partial charge in [-0.2, -0.15) is 57.2 Å². The molecule has 0 saturated carbocycles. The standard InChI is InChI=1S/C12H17N.C6H5.2C4H9O.C4H9.Mo/c1-8(2)10-6-5-7-11(9(3)4)12(10)13;1-2-4-6-5-3-1;2*1-4(2,3)5;1-4(2)3;/h5-9H,1-4H3;1-5H;2*1-3H3;1-3H3;/q;4*-1;+4. The summed E-state index contributed by atoms with van der Waals surface area (Å²) in [7, 11) is 0. The second-order valence-electron chi connectivity index (χ2n) is 11.0. The topological polar surface area (TPSA) is 58.5 Å². The van der Waals surface area contributed by atoms with Crippen LogP contribution in [0.5, 0.6) is 0 Å². The van der Waals surface area contributed by atoms with E-state index < -0.39 is 11.2 Å². The summed E-state index contributed by atoms with van der Waals surface area (Å²) in [5.41, 5.74) is 2.42. The zero-order valence-corrected chi connectivity index (χ0v) is 26.0. The summed E-state index contributed by atoms with van der Waals surface area (Å²) in [4.78, 5) is 0. The van der Waals surface area contributed by atoms with Crippen LogP contribution >= 0.6 is 0 Å². The molecule has 0 atom stereocenters. The van der Waals surface area contributed by atoms with E-state index in [0.29, 0.717) is 11.8 Å². The Morgan fingerprint density at radius 2 is 1.03 bits per heavy atom. The maximum absolute atomic E-state index is 10.1. The third-order valence-electron chi connectivity index (χ3n) is 3.04. The molecule has 0 aromatic heterocycles. The summed E-state index contributed by atoms with van der Waals surface area (Å²) in [5.74, 6) is 2.52. The largest absolute Gasteiger partial charge is 0.323 e. The molecule has 192 valence electrons. The van der Waals surface area contributed by atoms with Crippen molar-refractivity contribution in [1.29, 1.82) is 0 Å². The summed E-state index contributed by atoms with van der Waals surface area (Å²) in [5, 5.41) is 20.2. The van der Waals surface area contributed by atoms with Crippen molar-refractivity contribution in [3.05, 3.63) is 71.6 Å². The van der Waals surface area contributed by atoms with Crippen LogP contribution in [0.4, 0.5) is 5.69 Å². The van der Waals surface area contributed by atoms with Crippen molar-refractivity contribution < 1.29 is 29.8 Å². The molecule has 0 aliphatic carbocycles. The molecule has 2 rings (SSSR count). The molecule has 0 fully saturated rings. The van der Waals surface area contributed by atoms with Gasteiger partial charge in [-0.1, -0.05) is 41.5 Å². The van der Waals surface area contributed by atoms with Gasteiger partial charge in [0, 0.05) is 0 Å². The molecular formula is C30H49MoNO2. The van der Waals surface area contributed by atoms with Crippen molar-refractivity contribution in [1.82, 2.24) is 0 Å². The molecule has 34 heavy (non-hydrogen) atoms. The first-order valence-electron chi connectivity index (χ1n) is 11.9. The van der Waals surface area contributed by atoms with E-state index in [4.69, 9.17) is 0 Å². The normalized spacial score (nSPS) is 10.6. The van der Waals surface area contributed by atoms with Crippen LogP contribution in [0, 0.1) is 12.0 Å². The Morgan fingerprint density at radius 1 is 0.735 bits per heavy atom. The van der Waals surface area contributed by atoms with E-state index in [1.165, 1.54) is 22.7 Å². The zero-order valence-electron chi connectivity index (χ0n) is 23.9. The van der Waals surface area contributed by atoms with E-state index in [1.54, 1.807) is 41.5 Å². The van der Waals surface area contributed by atoms with Crippen LogP contribution < -0.4 is 10.2 Å². The molecule has 0 saturated heterocycles. The van der Waals surface area contributed by atoms with Gasteiger partial charge in [0.2, 0.25) is 0 Å². The van der Waals surface area contributed by atoms with Crippen LogP contribution in [0.3, 0.4) is 0 Å². The smallest absolute Gasteiger partial charge is 0.171 e. The number of rotatable bonds is 3. The van der Waals surface area contributed by atoms with E-state index in [1.807, 2.05) is 50.0 Å². The molecule has 0 bridgehead atoms. The van der Waals surface area contributed by atoms with Crippen LogP contribution in [0.1, 0.15) is 113 Å². The molecule has 0 aliphatic rings. The maximum Gasteiger partial charge on any atom is -0.171 e. The van der Waals surface area contributed by atoms with Crippen LogP contribution in [0.25, 0.3) is 0 Å². The Labute approximate surface area is 223 Å².